The molecule has 0 spiro atoms. The monoisotopic (exact) mass is 309 g/mol. The molecule has 0 bridgehead atoms. The Morgan fingerprint density at radius 2 is 1.96 bits per heavy atom. The molecule has 23 heavy (non-hydrogen) atoms. The molecular formula is C19H23N3O. The summed E-state index contributed by atoms with van der Waals surface area (Å²) < 4.78 is 0. The number of benzene rings is 1. The Morgan fingerprint density at radius 1 is 1.22 bits per heavy atom. The lowest BCUT2D eigenvalue weighted by molar-refractivity contribution is 0.0983. The number of hydrogen-bond donors (Lipinski definition) is 1. The first kappa shape index (κ1) is 15.5. The van der Waals surface area contributed by atoms with Crippen LogP contribution in [0.2, 0.25) is 0 Å². The normalized spacial score (nSPS) is 14.7. The van der Waals surface area contributed by atoms with Gasteiger partial charge in [-0.1, -0.05) is 31.0 Å². The number of anilines is 2. The van der Waals surface area contributed by atoms with Crippen LogP contribution in [-0.4, -0.2) is 23.5 Å². The van der Waals surface area contributed by atoms with Crippen LogP contribution < -0.4 is 10.2 Å². The van der Waals surface area contributed by atoms with Crippen LogP contribution in [0, 0.1) is 0 Å². The molecule has 1 aromatic heterocycles. The first-order valence-electron chi connectivity index (χ1n) is 8.37. The van der Waals surface area contributed by atoms with Crippen molar-refractivity contribution in [3.63, 3.8) is 0 Å². The summed E-state index contributed by atoms with van der Waals surface area (Å²) >= 11 is 0. The second-order valence-corrected chi connectivity index (χ2v) is 5.94. The SMILES string of the molecule is CCN(C(=O)c1cc(NC2CCCC2)ccn1)c1ccccc1. The van der Waals surface area contributed by atoms with E-state index in [1.165, 1.54) is 25.7 Å². The molecule has 0 atom stereocenters. The highest BCUT2D eigenvalue weighted by Gasteiger charge is 2.19. The number of para-hydroxylation sites is 1. The second kappa shape index (κ2) is 7.27. The Bertz CT molecular complexity index is 651. The zero-order valence-corrected chi connectivity index (χ0v) is 13.5. The van der Waals surface area contributed by atoms with Crippen LogP contribution in [-0.2, 0) is 0 Å². The highest BCUT2D eigenvalue weighted by molar-refractivity contribution is 6.05. The molecule has 1 N–H and O–H groups in total. The summed E-state index contributed by atoms with van der Waals surface area (Å²) in [7, 11) is 0. The summed E-state index contributed by atoms with van der Waals surface area (Å²) in [5.41, 5.74) is 2.37. The maximum Gasteiger partial charge on any atom is 0.276 e. The average molecular weight is 309 g/mol. The van der Waals surface area contributed by atoms with Gasteiger partial charge in [-0.2, -0.15) is 0 Å². The number of aromatic nitrogens is 1. The molecule has 1 fully saturated rings. The first-order chi connectivity index (χ1) is 11.3. The zero-order valence-electron chi connectivity index (χ0n) is 13.5. The molecule has 1 amide bonds. The van der Waals surface area contributed by atoms with Crippen LogP contribution in [0.1, 0.15) is 43.1 Å². The van der Waals surface area contributed by atoms with Crippen LogP contribution in [0.4, 0.5) is 11.4 Å². The van der Waals surface area contributed by atoms with Crippen molar-refractivity contribution in [3.05, 3.63) is 54.4 Å². The Balaban J connectivity index is 1.78. The summed E-state index contributed by atoms with van der Waals surface area (Å²) in [5.74, 6) is -0.0613. The maximum absolute atomic E-state index is 12.8. The molecule has 0 radical (unpaired) electrons. The number of nitrogens with zero attached hydrogens (tertiary/aromatic N) is 2. The molecule has 0 saturated heterocycles. The molecule has 4 heteroatoms. The Morgan fingerprint density at radius 3 is 2.65 bits per heavy atom. The third kappa shape index (κ3) is 3.70. The predicted molar refractivity (Wildman–Crippen MR) is 93.9 cm³/mol. The smallest absolute Gasteiger partial charge is 0.276 e. The number of amides is 1. The van der Waals surface area contributed by atoms with Crippen molar-refractivity contribution in [2.45, 2.75) is 38.6 Å². The van der Waals surface area contributed by atoms with Crippen molar-refractivity contribution in [2.24, 2.45) is 0 Å². The van der Waals surface area contributed by atoms with E-state index in [9.17, 15) is 4.79 Å². The summed E-state index contributed by atoms with van der Waals surface area (Å²) in [6.45, 7) is 2.59. The second-order valence-electron chi connectivity index (χ2n) is 5.94. The van der Waals surface area contributed by atoms with E-state index in [-0.39, 0.29) is 5.91 Å². The Labute approximate surface area is 137 Å². The number of hydrogen-bond acceptors (Lipinski definition) is 3. The molecule has 1 aliphatic rings. The summed E-state index contributed by atoms with van der Waals surface area (Å²) in [5, 5.41) is 3.52. The maximum atomic E-state index is 12.8. The molecule has 0 aliphatic heterocycles. The highest BCUT2D eigenvalue weighted by Crippen LogP contribution is 2.23. The van der Waals surface area contributed by atoms with E-state index in [0.29, 0.717) is 18.3 Å². The molecule has 1 heterocycles. The van der Waals surface area contributed by atoms with Gasteiger partial charge in [-0.25, -0.2) is 0 Å². The van der Waals surface area contributed by atoms with E-state index >= 15 is 0 Å². The molecule has 1 saturated carbocycles. The number of nitrogens with one attached hydrogen (secondary N) is 1. The quantitative estimate of drug-likeness (QED) is 0.904. The van der Waals surface area contributed by atoms with E-state index in [4.69, 9.17) is 0 Å². The predicted octanol–water partition coefficient (Wildman–Crippen LogP) is 4.10. The largest absolute Gasteiger partial charge is 0.382 e. The van der Waals surface area contributed by atoms with Crippen molar-refractivity contribution in [1.82, 2.24) is 4.98 Å². The van der Waals surface area contributed by atoms with E-state index in [2.05, 4.69) is 10.3 Å². The van der Waals surface area contributed by atoms with Gasteiger partial charge < -0.3 is 10.2 Å². The van der Waals surface area contributed by atoms with Crippen LogP contribution in [0.5, 0.6) is 0 Å². The molecule has 1 aliphatic carbocycles. The lowest BCUT2D eigenvalue weighted by Crippen LogP contribution is -2.31. The first-order valence-corrected chi connectivity index (χ1v) is 8.37. The number of carbonyl (C=O) groups excluding carboxylic acids is 1. The van der Waals surface area contributed by atoms with Crippen molar-refractivity contribution >= 4 is 17.3 Å². The van der Waals surface area contributed by atoms with Crippen LogP contribution in [0.25, 0.3) is 0 Å². The fourth-order valence-corrected chi connectivity index (χ4v) is 3.13. The minimum Gasteiger partial charge on any atom is -0.382 e. The average Bonchev–Trinajstić information content (AvgIpc) is 3.10. The van der Waals surface area contributed by atoms with Gasteiger partial charge in [0.15, 0.2) is 0 Å². The van der Waals surface area contributed by atoms with Crippen molar-refractivity contribution < 1.29 is 4.79 Å². The third-order valence-electron chi connectivity index (χ3n) is 4.33. The van der Waals surface area contributed by atoms with E-state index in [1.54, 1.807) is 11.1 Å². The van der Waals surface area contributed by atoms with Gasteiger partial charge in [0, 0.05) is 30.2 Å². The minimum absolute atomic E-state index is 0.0613. The lowest BCUT2D eigenvalue weighted by Gasteiger charge is -2.21. The van der Waals surface area contributed by atoms with E-state index in [1.807, 2.05) is 49.4 Å². The van der Waals surface area contributed by atoms with Gasteiger partial charge in [0.25, 0.3) is 5.91 Å². The molecule has 3 rings (SSSR count). The zero-order chi connectivity index (χ0) is 16.1. The van der Waals surface area contributed by atoms with Crippen LogP contribution in [0.3, 0.4) is 0 Å². The van der Waals surface area contributed by atoms with Gasteiger partial charge in [0.2, 0.25) is 0 Å². The van der Waals surface area contributed by atoms with Gasteiger partial charge in [-0.3, -0.25) is 9.78 Å². The van der Waals surface area contributed by atoms with Gasteiger partial charge >= 0.3 is 0 Å². The molecule has 120 valence electrons. The van der Waals surface area contributed by atoms with Crippen LogP contribution >= 0.6 is 0 Å². The summed E-state index contributed by atoms with van der Waals surface area (Å²) in [6.07, 6.45) is 6.69. The Hall–Kier alpha value is -2.36. The van der Waals surface area contributed by atoms with Crippen LogP contribution in [0.15, 0.2) is 48.7 Å². The van der Waals surface area contributed by atoms with Crippen molar-refractivity contribution in [2.75, 3.05) is 16.8 Å². The summed E-state index contributed by atoms with van der Waals surface area (Å²) in [4.78, 5) is 18.8. The molecule has 4 nitrogen and oxygen atoms in total. The Kier molecular flexibility index (Phi) is 4.91. The number of rotatable bonds is 5. The number of pyridine rings is 1. The topological polar surface area (TPSA) is 45.2 Å². The number of carbonyl (C=O) groups is 1. The molecular weight excluding hydrogens is 286 g/mol. The van der Waals surface area contributed by atoms with Gasteiger partial charge in [0.1, 0.15) is 5.69 Å². The fourth-order valence-electron chi connectivity index (χ4n) is 3.13. The third-order valence-corrected chi connectivity index (χ3v) is 4.33. The van der Waals surface area contributed by atoms with Gasteiger partial charge in [-0.05, 0) is 44.0 Å². The lowest BCUT2D eigenvalue weighted by atomic mass is 10.2. The molecule has 2 aromatic rings. The van der Waals surface area contributed by atoms with Gasteiger partial charge in [-0.15, -0.1) is 0 Å². The minimum atomic E-state index is -0.0613. The highest BCUT2D eigenvalue weighted by atomic mass is 16.2. The molecule has 1 aromatic carbocycles. The van der Waals surface area contributed by atoms with Gasteiger partial charge in [0.05, 0.1) is 0 Å². The molecule has 0 unspecified atom stereocenters. The fraction of sp³-hybridized carbons (Fsp3) is 0.368. The van der Waals surface area contributed by atoms with E-state index < -0.39 is 0 Å². The summed E-state index contributed by atoms with van der Waals surface area (Å²) in [6, 6.07) is 14.1. The van der Waals surface area contributed by atoms with Crippen molar-refractivity contribution in [3.8, 4) is 0 Å². The van der Waals surface area contributed by atoms with Crippen molar-refractivity contribution in [1.29, 1.82) is 0 Å². The van der Waals surface area contributed by atoms with E-state index in [0.717, 1.165) is 11.4 Å². The standard InChI is InChI=1S/C19H23N3O/c1-2-22(17-10-4-3-5-11-17)19(23)18-14-16(12-13-20-18)21-15-8-6-7-9-15/h3-5,10-15H,2,6-9H2,1H3,(H,20,21).